The van der Waals surface area contributed by atoms with Gasteiger partial charge >= 0.3 is 0 Å². The highest BCUT2D eigenvalue weighted by atomic mass is 32.1. The fourth-order valence-electron chi connectivity index (χ4n) is 2.14. The molecule has 0 radical (unpaired) electrons. The van der Waals surface area contributed by atoms with Gasteiger partial charge in [0.15, 0.2) is 6.29 Å². The standard InChI is InChI=1S/C15H18OS/c1-2-3-4-5-9-15-13(11-16)12-8-6-7-10-14(12)17-15/h6-8,10-11H,2-5,9H2,1H3. The SMILES string of the molecule is CCCCCCc1sc2ccccc2c1C=O. The van der Waals surface area contributed by atoms with E-state index in [1.165, 1.54) is 35.3 Å². The van der Waals surface area contributed by atoms with Gasteiger partial charge in [0.2, 0.25) is 0 Å². The summed E-state index contributed by atoms with van der Waals surface area (Å²) in [5.74, 6) is 0. The first-order valence-corrected chi connectivity index (χ1v) is 7.14. The van der Waals surface area contributed by atoms with Gasteiger partial charge in [0, 0.05) is 20.5 Å². The highest BCUT2D eigenvalue weighted by molar-refractivity contribution is 7.19. The zero-order chi connectivity index (χ0) is 12.1. The van der Waals surface area contributed by atoms with Crippen molar-refractivity contribution in [2.45, 2.75) is 39.0 Å². The Balaban J connectivity index is 2.18. The Labute approximate surface area is 106 Å². The Kier molecular flexibility index (Phi) is 4.32. The van der Waals surface area contributed by atoms with Gasteiger partial charge in [-0.1, -0.05) is 44.4 Å². The maximum atomic E-state index is 11.2. The van der Waals surface area contributed by atoms with Crippen LogP contribution in [0.1, 0.15) is 47.8 Å². The van der Waals surface area contributed by atoms with Crippen molar-refractivity contribution in [1.29, 1.82) is 0 Å². The molecule has 1 nitrogen and oxygen atoms in total. The molecule has 1 aromatic heterocycles. The molecule has 2 heteroatoms. The van der Waals surface area contributed by atoms with E-state index in [1.807, 2.05) is 18.2 Å². The van der Waals surface area contributed by atoms with Gasteiger partial charge in [-0.2, -0.15) is 0 Å². The third kappa shape index (κ3) is 2.75. The second-order valence-electron chi connectivity index (χ2n) is 4.36. The lowest BCUT2D eigenvalue weighted by Crippen LogP contribution is -1.87. The van der Waals surface area contributed by atoms with E-state index in [-0.39, 0.29) is 0 Å². The number of aryl methyl sites for hydroxylation is 1. The van der Waals surface area contributed by atoms with Crippen LogP contribution >= 0.6 is 11.3 Å². The molecule has 0 aliphatic heterocycles. The van der Waals surface area contributed by atoms with E-state index in [2.05, 4.69) is 13.0 Å². The number of thiophene rings is 1. The van der Waals surface area contributed by atoms with Gasteiger partial charge in [0.05, 0.1) is 0 Å². The van der Waals surface area contributed by atoms with Crippen molar-refractivity contribution in [3.8, 4) is 0 Å². The van der Waals surface area contributed by atoms with Crippen LogP contribution in [0.2, 0.25) is 0 Å². The molecule has 0 aliphatic rings. The number of carbonyl (C=O) groups excluding carboxylic acids is 1. The summed E-state index contributed by atoms with van der Waals surface area (Å²) in [6, 6.07) is 8.19. The normalized spacial score (nSPS) is 10.9. The van der Waals surface area contributed by atoms with Crippen LogP contribution in [-0.4, -0.2) is 6.29 Å². The van der Waals surface area contributed by atoms with Crippen LogP contribution in [0, 0.1) is 0 Å². The summed E-state index contributed by atoms with van der Waals surface area (Å²) >= 11 is 1.78. The molecule has 1 heterocycles. The Morgan fingerprint density at radius 3 is 2.76 bits per heavy atom. The quantitative estimate of drug-likeness (QED) is 0.526. The van der Waals surface area contributed by atoms with Crippen LogP contribution in [0.4, 0.5) is 0 Å². The molecule has 17 heavy (non-hydrogen) atoms. The summed E-state index contributed by atoms with van der Waals surface area (Å²) in [5.41, 5.74) is 0.919. The molecular weight excluding hydrogens is 228 g/mol. The van der Waals surface area contributed by atoms with E-state index in [9.17, 15) is 4.79 Å². The monoisotopic (exact) mass is 246 g/mol. The van der Waals surface area contributed by atoms with Gasteiger partial charge in [-0.25, -0.2) is 0 Å². The average Bonchev–Trinajstić information content (AvgIpc) is 2.72. The van der Waals surface area contributed by atoms with Crippen molar-refractivity contribution >= 4 is 27.7 Å². The lowest BCUT2D eigenvalue weighted by atomic mass is 10.1. The number of hydrogen-bond donors (Lipinski definition) is 0. The Morgan fingerprint density at radius 2 is 2.00 bits per heavy atom. The van der Waals surface area contributed by atoms with Crippen molar-refractivity contribution in [2.24, 2.45) is 0 Å². The van der Waals surface area contributed by atoms with Crippen molar-refractivity contribution < 1.29 is 4.79 Å². The minimum Gasteiger partial charge on any atom is -0.298 e. The Morgan fingerprint density at radius 1 is 1.18 bits per heavy atom. The third-order valence-electron chi connectivity index (χ3n) is 3.09. The maximum absolute atomic E-state index is 11.2. The van der Waals surface area contributed by atoms with Gasteiger partial charge in [-0.05, 0) is 18.9 Å². The third-order valence-corrected chi connectivity index (χ3v) is 4.33. The number of carbonyl (C=O) groups is 1. The lowest BCUT2D eigenvalue weighted by Gasteiger charge is -1.98. The van der Waals surface area contributed by atoms with Crippen molar-refractivity contribution in [3.05, 3.63) is 34.7 Å². The first-order valence-electron chi connectivity index (χ1n) is 6.32. The van der Waals surface area contributed by atoms with Crippen LogP contribution in [0.5, 0.6) is 0 Å². The van der Waals surface area contributed by atoms with Gasteiger partial charge < -0.3 is 0 Å². The summed E-state index contributed by atoms with van der Waals surface area (Å²) in [6.45, 7) is 2.22. The van der Waals surface area contributed by atoms with Crippen LogP contribution in [0.3, 0.4) is 0 Å². The minimum absolute atomic E-state index is 0.919. The summed E-state index contributed by atoms with van der Waals surface area (Å²) in [6.07, 6.45) is 7.08. The smallest absolute Gasteiger partial charge is 0.151 e. The van der Waals surface area contributed by atoms with Crippen LogP contribution in [0.15, 0.2) is 24.3 Å². The molecule has 0 bridgehead atoms. The second-order valence-corrected chi connectivity index (χ2v) is 5.50. The average molecular weight is 246 g/mol. The van der Waals surface area contributed by atoms with Crippen LogP contribution < -0.4 is 0 Å². The number of benzene rings is 1. The molecule has 0 atom stereocenters. The fourth-order valence-corrected chi connectivity index (χ4v) is 3.36. The van der Waals surface area contributed by atoms with E-state index >= 15 is 0 Å². The van der Waals surface area contributed by atoms with Crippen LogP contribution in [0.25, 0.3) is 10.1 Å². The first kappa shape index (κ1) is 12.3. The van der Waals surface area contributed by atoms with E-state index in [4.69, 9.17) is 0 Å². The van der Waals surface area contributed by atoms with E-state index < -0.39 is 0 Å². The van der Waals surface area contributed by atoms with Gasteiger partial charge in [0.1, 0.15) is 0 Å². The highest BCUT2D eigenvalue weighted by Gasteiger charge is 2.10. The molecule has 0 aliphatic carbocycles. The molecule has 0 saturated heterocycles. The molecule has 0 unspecified atom stereocenters. The summed E-state index contributed by atoms with van der Waals surface area (Å²) in [4.78, 5) is 12.5. The zero-order valence-electron chi connectivity index (χ0n) is 10.2. The van der Waals surface area contributed by atoms with Gasteiger partial charge in [-0.3, -0.25) is 4.79 Å². The number of rotatable bonds is 6. The fraction of sp³-hybridized carbons (Fsp3) is 0.400. The highest BCUT2D eigenvalue weighted by Crippen LogP contribution is 2.31. The van der Waals surface area contributed by atoms with Crippen molar-refractivity contribution in [3.63, 3.8) is 0 Å². The topological polar surface area (TPSA) is 17.1 Å². The molecule has 0 fully saturated rings. The predicted octanol–water partition coefficient (Wildman–Crippen LogP) is 4.84. The summed E-state index contributed by atoms with van der Waals surface area (Å²) < 4.78 is 1.24. The molecule has 0 amide bonds. The number of unbranched alkanes of at least 4 members (excludes halogenated alkanes) is 3. The van der Waals surface area contributed by atoms with E-state index in [0.29, 0.717) is 0 Å². The molecule has 2 rings (SSSR count). The first-order chi connectivity index (χ1) is 8.36. The van der Waals surface area contributed by atoms with Crippen LogP contribution in [-0.2, 0) is 6.42 Å². The number of aldehydes is 1. The Bertz CT molecular complexity index is 499. The largest absolute Gasteiger partial charge is 0.298 e. The molecule has 90 valence electrons. The molecule has 1 aromatic carbocycles. The summed E-state index contributed by atoms with van der Waals surface area (Å²) in [7, 11) is 0. The van der Waals surface area contributed by atoms with E-state index in [1.54, 1.807) is 11.3 Å². The lowest BCUT2D eigenvalue weighted by molar-refractivity contribution is 0.112. The number of fused-ring (bicyclic) bond motifs is 1. The molecule has 0 spiro atoms. The van der Waals surface area contributed by atoms with E-state index in [0.717, 1.165) is 23.7 Å². The molecule has 2 aromatic rings. The molecule has 0 saturated carbocycles. The Hall–Kier alpha value is -1.15. The van der Waals surface area contributed by atoms with Crippen molar-refractivity contribution in [1.82, 2.24) is 0 Å². The maximum Gasteiger partial charge on any atom is 0.151 e. The van der Waals surface area contributed by atoms with Gasteiger partial charge in [-0.15, -0.1) is 11.3 Å². The zero-order valence-corrected chi connectivity index (χ0v) is 11.1. The number of hydrogen-bond acceptors (Lipinski definition) is 2. The molecule has 0 N–H and O–H groups in total. The second kappa shape index (κ2) is 5.97. The minimum atomic E-state index is 0.919. The molecular formula is C15H18OS. The van der Waals surface area contributed by atoms with Gasteiger partial charge in [0.25, 0.3) is 0 Å². The van der Waals surface area contributed by atoms with Crippen molar-refractivity contribution in [2.75, 3.05) is 0 Å². The predicted molar refractivity (Wildman–Crippen MR) is 75.1 cm³/mol. The summed E-state index contributed by atoms with van der Waals surface area (Å²) in [5, 5.41) is 1.12.